The third-order valence-corrected chi connectivity index (χ3v) is 4.27. The van der Waals surface area contributed by atoms with E-state index in [1.165, 1.54) is 0 Å². The van der Waals surface area contributed by atoms with Crippen molar-refractivity contribution in [3.05, 3.63) is 12.2 Å². The second-order valence-corrected chi connectivity index (χ2v) is 5.12. The molecule has 1 aliphatic carbocycles. The van der Waals surface area contributed by atoms with E-state index in [4.69, 9.17) is 9.47 Å². The molecule has 1 saturated carbocycles. The van der Waals surface area contributed by atoms with Gasteiger partial charge in [-0.3, -0.25) is 9.59 Å². The second-order valence-electron chi connectivity index (χ2n) is 5.12. The van der Waals surface area contributed by atoms with Crippen LogP contribution in [0.5, 0.6) is 0 Å². The number of ether oxygens (including phenoxy) is 2. The van der Waals surface area contributed by atoms with Gasteiger partial charge in [-0.25, -0.2) is 0 Å². The van der Waals surface area contributed by atoms with E-state index in [2.05, 4.69) is 0 Å². The van der Waals surface area contributed by atoms with E-state index in [-0.39, 0.29) is 29.7 Å². The first-order valence-electron chi connectivity index (χ1n) is 6.16. The topological polar surface area (TPSA) is 52.6 Å². The zero-order valence-corrected chi connectivity index (χ0v) is 10.0. The number of hydrogen-bond acceptors (Lipinski definition) is 4. The lowest BCUT2D eigenvalue weighted by Gasteiger charge is -2.27. The Hall–Kier alpha value is -1.16. The molecule has 5 atom stereocenters. The van der Waals surface area contributed by atoms with Gasteiger partial charge >= 0.3 is 5.97 Å². The lowest BCUT2D eigenvalue weighted by atomic mass is 9.75. The minimum absolute atomic E-state index is 0.141. The van der Waals surface area contributed by atoms with Crippen LogP contribution in [0.25, 0.3) is 0 Å². The summed E-state index contributed by atoms with van der Waals surface area (Å²) in [6, 6.07) is 0. The summed E-state index contributed by atoms with van der Waals surface area (Å²) in [5.41, 5.74) is -0.529. The van der Waals surface area contributed by atoms with Crippen LogP contribution in [-0.2, 0) is 19.1 Å². The van der Waals surface area contributed by atoms with Crippen LogP contribution < -0.4 is 0 Å². The van der Waals surface area contributed by atoms with Crippen LogP contribution in [0.4, 0.5) is 0 Å². The van der Waals surface area contributed by atoms with Crippen LogP contribution in [0.2, 0.25) is 0 Å². The first-order valence-corrected chi connectivity index (χ1v) is 6.16. The smallest absolute Gasteiger partial charge is 0.312 e. The molecule has 2 heterocycles. The minimum atomic E-state index is -0.529. The van der Waals surface area contributed by atoms with E-state index in [0.29, 0.717) is 13.0 Å². The molecule has 17 heavy (non-hydrogen) atoms. The predicted molar refractivity (Wildman–Crippen MR) is 59.1 cm³/mol. The molecule has 0 aromatic rings. The summed E-state index contributed by atoms with van der Waals surface area (Å²) in [7, 11) is 0. The first kappa shape index (κ1) is 11.0. The monoisotopic (exact) mass is 236 g/mol. The van der Waals surface area contributed by atoms with Gasteiger partial charge in [0.05, 0.1) is 24.5 Å². The van der Waals surface area contributed by atoms with E-state index in [1.54, 1.807) is 6.92 Å². The molecule has 5 unspecified atom stereocenters. The first-order chi connectivity index (χ1) is 8.10. The molecule has 0 aromatic heterocycles. The second kappa shape index (κ2) is 3.42. The summed E-state index contributed by atoms with van der Waals surface area (Å²) in [5, 5.41) is 0. The summed E-state index contributed by atoms with van der Waals surface area (Å²) in [6.07, 6.45) is 4.11. The van der Waals surface area contributed by atoms with Crippen molar-refractivity contribution in [2.75, 3.05) is 6.61 Å². The molecule has 0 N–H and O–H groups in total. The molecular formula is C13H16O4. The average molecular weight is 236 g/mol. The van der Waals surface area contributed by atoms with Crippen molar-refractivity contribution < 1.29 is 19.1 Å². The highest BCUT2D eigenvalue weighted by molar-refractivity contribution is 5.92. The normalized spacial score (nSPS) is 46.4. The number of esters is 1. The minimum Gasteiger partial charge on any atom is -0.466 e. The van der Waals surface area contributed by atoms with Crippen molar-refractivity contribution in [1.82, 2.24) is 0 Å². The fraction of sp³-hybridized carbons (Fsp3) is 0.692. The number of hydrogen-bond donors (Lipinski definition) is 0. The number of Topliss-reactive ketones (excluding diaryl/α,β-unsaturated/α-hetero) is 1. The molecule has 3 aliphatic rings. The van der Waals surface area contributed by atoms with Gasteiger partial charge in [-0.05, 0) is 12.8 Å². The molecule has 0 aromatic carbocycles. The molecule has 92 valence electrons. The van der Waals surface area contributed by atoms with Crippen LogP contribution in [0.1, 0.15) is 20.3 Å². The maximum Gasteiger partial charge on any atom is 0.312 e. The van der Waals surface area contributed by atoms with Gasteiger partial charge in [0, 0.05) is 6.42 Å². The van der Waals surface area contributed by atoms with Gasteiger partial charge in [-0.2, -0.15) is 0 Å². The quantitative estimate of drug-likeness (QED) is 0.532. The van der Waals surface area contributed by atoms with Crippen molar-refractivity contribution in [2.45, 2.75) is 32.0 Å². The number of fused-ring (bicyclic) bond motifs is 1. The molecule has 4 nitrogen and oxygen atoms in total. The molecule has 0 radical (unpaired) electrons. The zero-order chi connectivity index (χ0) is 12.2. The fourth-order valence-electron chi connectivity index (χ4n) is 3.54. The van der Waals surface area contributed by atoms with Crippen LogP contribution >= 0.6 is 0 Å². The maximum absolute atomic E-state index is 12.0. The van der Waals surface area contributed by atoms with Gasteiger partial charge in [-0.15, -0.1) is 0 Å². The lowest BCUT2D eigenvalue weighted by molar-refractivity contribution is -0.151. The van der Waals surface area contributed by atoms with Gasteiger partial charge < -0.3 is 9.47 Å². The Labute approximate surface area is 100.0 Å². The third kappa shape index (κ3) is 1.22. The number of rotatable bonds is 2. The number of carbonyl (C=O) groups excluding carboxylic acids is 2. The van der Waals surface area contributed by atoms with Gasteiger partial charge in [0.25, 0.3) is 0 Å². The molecule has 2 bridgehead atoms. The van der Waals surface area contributed by atoms with E-state index in [0.717, 1.165) is 0 Å². The fourth-order valence-corrected chi connectivity index (χ4v) is 3.54. The molecular weight excluding hydrogens is 220 g/mol. The number of carbonyl (C=O) groups is 2. The summed E-state index contributed by atoms with van der Waals surface area (Å²) < 4.78 is 11.0. The highest BCUT2D eigenvalue weighted by atomic mass is 16.6. The molecule has 2 aliphatic heterocycles. The van der Waals surface area contributed by atoms with E-state index >= 15 is 0 Å². The molecule has 1 spiro atoms. The Bertz CT molecular complexity index is 414. The molecule has 3 rings (SSSR count). The van der Waals surface area contributed by atoms with Crippen LogP contribution in [0.3, 0.4) is 0 Å². The zero-order valence-electron chi connectivity index (χ0n) is 10.0. The predicted octanol–water partition coefficient (Wildman–Crippen LogP) is 1.10. The highest BCUT2D eigenvalue weighted by Crippen LogP contribution is 2.56. The van der Waals surface area contributed by atoms with E-state index in [1.807, 2.05) is 19.1 Å². The van der Waals surface area contributed by atoms with Crippen LogP contribution in [-0.4, -0.2) is 30.1 Å². The van der Waals surface area contributed by atoms with Gasteiger partial charge in [0.1, 0.15) is 11.4 Å². The molecule has 1 saturated heterocycles. The van der Waals surface area contributed by atoms with E-state index < -0.39 is 11.5 Å². The highest BCUT2D eigenvalue weighted by Gasteiger charge is 2.67. The lowest BCUT2D eigenvalue weighted by Crippen LogP contribution is -2.40. The van der Waals surface area contributed by atoms with Crippen molar-refractivity contribution in [3.8, 4) is 0 Å². The van der Waals surface area contributed by atoms with E-state index in [9.17, 15) is 9.59 Å². The largest absolute Gasteiger partial charge is 0.466 e. The molecule has 2 fully saturated rings. The Morgan fingerprint density at radius 2 is 2.41 bits per heavy atom. The Kier molecular flexibility index (Phi) is 2.20. The molecule has 4 heteroatoms. The summed E-state index contributed by atoms with van der Waals surface area (Å²) in [6.45, 7) is 4.13. The van der Waals surface area contributed by atoms with Crippen molar-refractivity contribution >= 4 is 11.8 Å². The van der Waals surface area contributed by atoms with Gasteiger partial charge in [0.2, 0.25) is 0 Å². The average Bonchev–Trinajstić information content (AvgIpc) is 2.90. The summed E-state index contributed by atoms with van der Waals surface area (Å²) in [4.78, 5) is 24.0. The Morgan fingerprint density at radius 1 is 1.65 bits per heavy atom. The van der Waals surface area contributed by atoms with Gasteiger partial charge in [-0.1, -0.05) is 19.1 Å². The van der Waals surface area contributed by atoms with Crippen molar-refractivity contribution in [1.29, 1.82) is 0 Å². The standard InChI is InChI=1S/C13H16O4/c1-3-16-12(15)10-9-4-5-13(17-9)7(2)6-8(14)11(10)13/h4-5,7,9-11H,3,6H2,1-2H3. The van der Waals surface area contributed by atoms with Crippen molar-refractivity contribution in [2.24, 2.45) is 17.8 Å². The summed E-state index contributed by atoms with van der Waals surface area (Å²) in [5.74, 6) is -0.761. The molecule has 0 amide bonds. The Balaban J connectivity index is 1.97. The van der Waals surface area contributed by atoms with Crippen LogP contribution in [0, 0.1) is 17.8 Å². The van der Waals surface area contributed by atoms with Crippen LogP contribution in [0.15, 0.2) is 12.2 Å². The SMILES string of the molecule is CCOC(=O)C1C2C=CC3(O2)C(C)CC(=O)C13. The maximum atomic E-state index is 12.0. The third-order valence-electron chi connectivity index (χ3n) is 4.27. The van der Waals surface area contributed by atoms with Crippen molar-refractivity contribution in [3.63, 3.8) is 0 Å². The van der Waals surface area contributed by atoms with Gasteiger partial charge in [0.15, 0.2) is 0 Å². The number of ketones is 1. The summed E-state index contributed by atoms with van der Waals surface area (Å²) >= 11 is 0. The Morgan fingerprint density at radius 3 is 3.12 bits per heavy atom.